The Balaban J connectivity index is 0.00000121. The predicted molar refractivity (Wildman–Crippen MR) is 47.7 cm³/mol. The van der Waals surface area contributed by atoms with Gasteiger partial charge in [-0.25, -0.2) is 4.39 Å². The van der Waals surface area contributed by atoms with Gasteiger partial charge in [-0.2, -0.15) is 0 Å². The van der Waals surface area contributed by atoms with Gasteiger partial charge < -0.3 is 10.8 Å². The highest BCUT2D eigenvalue weighted by molar-refractivity contribution is 5.85. The predicted octanol–water partition coefficient (Wildman–Crippen LogP) is 1.24. The van der Waals surface area contributed by atoms with Crippen LogP contribution in [0.4, 0.5) is 4.39 Å². The molecule has 1 atom stereocenters. The fraction of sp³-hybridized carbons (Fsp3) is 0.250. The molecule has 0 saturated heterocycles. The molecular weight excluding hydrogens is 181 g/mol. The van der Waals surface area contributed by atoms with Crippen LogP contribution in [-0.2, 0) is 0 Å². The standard InChI is InChI=1S/C8H10FNO.ClH/c9-7-4-2-1-3-6(7)8(10)5-11;/h1-4,8,11H,5,10H2;1H. The van der Waals surface area contributed by atoms with E-state index in [1.165, 1.54) is 6.07 Å². The summed E-state index contributed by atoms with van der Waals surface area (Å²) in [6, 6.07) is 5.55. The largest absolute Gasteiger partial charge is 0.394 e. The summed E-state index contributed by atoms with van der Waals surface area (Å²) in [5.41, 5.74) is 5.76. The number of nitrogens with two attached hydrogens (primary N) is 1. The fourth-order valence-electron chi connectivity index (χ4n) is 0.874. The second-order valence-electron chi connectivity index (χ2n) is 2.31. The van der Waals surface area contributed by atoms with E-state index in [-0.39, 0.29) is 24.8 Å². The lowest BCUT2D eigenvalue weighted by atomic mass is 10.1. The second kappa shape index (κ2) is 5.09. The van der Waals surface area contributed by atoms with E-state index in [2.05, 4.69) is 0 Å². The molecule has 0 aliphatic rings. The smallest absolute Gasteiger partial charge is 0.128 e. The van der Waals surface area contributed by atoms with E-state index in [1.807, 2.05) is 0 Å². The molecule has 0 aromatic heterocycles. The van der Waals surface area contributed by atoms with Gasteiger partial charge in [-0.15, -0.1) is 12.4 Å². The summed E-state index contributed by atoms with van der Waals surface area (Å²) in [6.45, 7) is -0.235. The molecule has 0 aliphatic heterocycles. The average Bonchev–Trinajstić information content (AvgIpc) is 2.04. The highest BCUT2D eigenvalue weighted by Crippen LogP contribution is 2.12. The third-order valence-electron chi connectivity index (χ3n) is 1.50. The van der Waals surface area contributed by atoms with Crippen LogP contribution in [0.3, 0.4) is 0 Å². The van der Waals surface area contributed by atoms with Gasteiger partial charge in [-0.3, -0.25) is 0 Å². The Hall–Kier alpha value is -0.640. The normalized spacial score (nSPS) is 11.9. The summed E-state index contributed by atoms with van der Waals surface area (Å²) in [5, 5.41) is 8.62. The zero-order valence-corrected chi connectivity index (χ0v) is 7.22. The van der Waals surface area contributed by atoms with Gasteiger partial charge in [0.25, 0.3) is 0 Å². The highest BCUT2D eigenvalue weighted by atomic mass is 35.5. The summed E-state index contributed by atoms with van der Waals surface area (Å²) in [5.74, 6) is -0.367. The van der Waals surface area contributed by atoms with E-state index in [0.717, 1.165) is 0 Å². The maximum atomic E-state index is 12.8. The Morgan fingerprint density at radius 2 is 2.00 bits per heavy atom. The Kier molecular flexibility index (Phi) is 4.81. The van der Waals surface area contributed by atoms with Crippen molar-refractivity contribution in [3.8, 4) is 0 Å². The van der Waals surface area contributed by atoms with Crippen LogP contribution in [0.25, 0.3) is 0 Å². The van der Waals surface area contributed by atoms with Crippen molar-refractivity contribution >= 4 is 12.4 Å². The van der Waals surface area contributed by atoms with Crippen molar-refractivity contribution in [3.63, 3.8) is 0 Å². The lowest BCUT2D eigenvalue weighted by Gasteiger charge is -2.08. The first-order valence-corrected chi connectivity index (χ1v) is 3.36. The minimum atomic E-state index is -0.615. The maximum absolute atomic E-state index is 12.8. The van der Waals surface area contributed by atoms with Gasteiger partial charge in [0.1, 0.15) is 5.82 Å². The molecule has 1 rings (SSSR count). The van der Waals surface area contributed by atoms with E-state index < -0.39 is 6.04 Å². The highest BCUT2D eigenvalue weighted by Gasteiger charge is 2.07. The summed E-state index contributed by atoms with van der Waals surface area (Å²) in [7, 11) is 0. The number of aliphatic hydroxyl groups is 1. The number of aliphatic hydroxyl groups excluding tert-OH is 1. The minimum absolute atomic E-state index is 0. The molecule has 1 aromatic carbocycles. The number of hydrogen-bond donors (Lipinski definition) is 2. The fourth-order valence-corrected chi connectivity index (χ4v) is 0.874. The SMILES string of the molecule is Cl.NC(CO)c1ccccc1F. The maximum Gasteiger partial charge on any atom is 0.128 e. The van der Waals surface area contributed by atoms with E-state index >= 15 is 0 Å². The number of rotatable bonds is 2. The van der Waals surface area contributed by atoms with Crippen molar-refractivity contribution in [1.82, 2.24) is 0 Å². The van der Waals surface area contributed by atoms with Crippen molar-refractivity contribution in [1.29, 1.82) is 0 Å². The van der Waals surface area contributed by atoms with Crippen molar-refractivity contribution in [2.75, 3.05) is 6.61 Å². The third-order valence-corrected chi connectivity index (χ3v) is 1.50. The molecule has 0 spiro atoms. The van der Waals surface area contributed by atoms with Gasteiger partial charge in [0.15, 0.2) is 0 Å². The van der Waals surface area contributed by atoms with Crippen LogP contribution in [0.5, 0.6) is 0 Å². The van der Waals surface area contributed by atoms with Crippen molar-refractivity contribution < 1.29 is 9.50 Å². The Morgan fingerprint density at radius 1 is 1.42 bits per heavy atom. The molecule has 1 unspecified atom stereocenters. The van der Waals surface area contributed by atoms with E-state index in [0.29, 0.717) is 5.56 Å². The van der Waals surface area contributed by atoms with E-state index in [4.69, 9.17) is 10.8 Å². The average molecular weight is 192 g/mol. The molecule has 0 saturated carbocycles. The van der Waals surface area contributed by atoms with Crippen LogP contribution in [0, 0.1) is 5.82 Å². The Bertz CT molecular complexity index is 244. The number of benzene rings is 1. The topological polar surface area (TPSA) is 46.2 Å². The van der Waals surface area contributed by atoms with E-state index in [1.54, 1.807) is 18.2 Å². The summed E-state index contributed by atoms with van der Waals surface area (Å²) in [6.07, 6.45) is 0. The van der Waals surface area contributed by atoms with Gasteiger partial charge in [-0.05, 0) is 6.07 Å². The molecule has 1 aromatic rings. The molecule has 3 N–H and O–H groups in total. The number of halogens is 2. The molecule has 0 bridgehead atoms. The van der Waals surface area contributed by atoms with Crippen LogP contribution in [-0.4, -0.2) is 11.7 Å². The lowest BCUT2D eigenvalue weighted by Crippen LogP contribution is -2.15. The quantitative estimate of drug-likeness (QED) is 0.739. The molecule has 0 heterocycles. The molecule has 2 nitrogen and oxygen atoms in total. The Labute approximate surface area is 76.6 Å². The van der Waals surface area contributed by atoms with Crippen molar-refractivity contribution in [3.05, 3.63) is 35.6 Å². The zero-order valence-electron chi connectivity index (χ0n) is 6.40. The lowest BCUT2D eigenvalue weighted by molar-refractivity contribution is 0.265. The molecule has 0 aliphatic carbocycles. The first-order chi connectivity index (χ1) is 5.25. The molecule has 0 amide bonds. The van der Waals surface area contributed by atoms with Crippen LogP contribution < -0.4 is 5.73 Å². The molecule has 4 heteroatoms. The van der Waals surface area contributed by atoms with E-state index in [9.17, 15) is 4.39 Å². The summed E-state index contributed by atoms with van der Waals surface area (Å²) >= 11 is 0. The van der Waals surface area contributed by atoms with Crippen molar-refractivity contribution in [2.24, 2.45) is 5.73 Å². The molecule has 0 fully saturated rings. The van der Waals surface area contributed by atoms with Crippen molar-refractivity contribution in [2.45, 2.75) is 6.04 Å². The van der Waals surface area contributed by atoms with Crippen LogP contribution >= 0.6 is 12.4 Å². The zero-order chi connectivity index (χ0) is 8.27. The summed E-state index contributed by atoms with van der Waals surface area (Å²) in [4.78, 5) is 0. The van der Waals surface area contributed by atoms with Gasteiger partial charge in [0.2, 0.25) is 0 Å². The molecular formula is C8H11ClFNO. The monoisotopic (exact) mass is 191 g/mol. The van der Waals surface area contributed by atoms with Crippen LogP contribution in [0.1, 0.15) is 11.6 Å². The van der Waals surface area contributed by atoms with Gasteiger partial charge in [-0.1, -0.05) is 18.2 Å². The number of hydrogen-bond acceptors (Lipinski definition) is 2. The third kappa shape index (κ3) is 2.44. The molecule has 68 valence electrons. The van der Waals surface area contributed by atoms with Gasteiger partial charge >= 0.3 is 0 Å². The van der Waals surface area contributed by atoms with Crippen LogP contribution in [0.2, 0.25) is 0 Å². The minimum Gasteiger partial charge on any atom is -0.394 e. The molecule has 12 heavy (non-hydrogen) atoms. The first-order valence-electron chi connectivity index (χ1n) is 3.36. The second-order valence-corrected chi connectivity index (χ2v) is 2.31. The van der Waals surface area contributed by atoms with Crippen LogP contribution in [0.15, 0.2) is 24.3 Å². The summed E-state index contributed by atoms with van der Waals surface area (Å²) < 4.78 is 12.8. The molecule has 0 radical (unpaired) electrons. The van der Waals surface area contributed by atoms with Gasteiger partial charge in [0.05, 0.1) is 12.6 Å². The first kappa shape index (κ1) is 11.4. The Morgan fingerprint density at radius 3 is 2.50 bits per heavy atom. The van der Waals surface area contributed by atoms with Gasteiger partial charge in [0, 0.05) is 5.56 Å².